The molecule has 3 aromatic heterocycles. The summed E-state index contributed by atoms with van der Waals surface area (Å²) in [5, 5.41) is 12.3. The molecule has 3 aromatic rings. The molecule has 0 fully saturated rings. The highest BCUT2D eigenvalue weighted by molar-refractivity contribution is 7.17. The Morgan fingerprint density at radius 3 is 2.96 bits per heavy atom. The first-order valence-electron chi connectivity index (χ1n) is 6.34. The first kappa shape index (κ1) is 15.3. The van der Waals surface area contributed by atoms with Crippen LogP contribution in [0.4, 0.5) is 5.00 Å². The van der Waals surface area contributed by atoms with E-state index < -0.39 is 10.9 Å². The number of ether oxygens (including phenoxy) is 1. The van der Waals surface area contributed by atoms with Gasteiger partial charge in [-0.15, -0.1) is 11.3 Å². The fraction of sp³-hybridized carbons (Fsp3) is 0.154. The van der Waals surface area contributed by atoms with Crippen LogP contribution in [0.15, 0.2) is 28.4 Å². The van der Waals surface area contributed by atoms with E-state index in [2.05, 4.69) is 4.98 Å². The van der Waals surface area contributed by atoms with Gasteiger partial charge in [0.15, 0.2) is 4.96 Å². The highest BCUT2D eigenvalue weighted by atomic mass is 32.1. The van der Waals surface area contributed by atoms with Crippen molar-refractivity contribution < 1.29 is 14.5 Å². The van der Waals surface area contributed by atoms with E-state index in [0.29, 0.717) is 10.7 Å². The number of nitrogens with zero attached hydrogens (tertiary/aromatic N) is 3. The largest absolute Gasteiger partial charge is 0.455 e. The number of nitro groups is 1. The van der Waals surface area contributed by atoms with Gasteiger partial charge >= 0.3 is 11.0 Å². The van der Waals surface area contributed by atoms with Crippen molar-refractivity contribution in [3.8, 4) is 0 Å². The zero-order valence-corrected chi connectivity index (χ0v) is 13.3. The number of carbonyl (C=O) groups excluding carboxylic acids is 1. The Labute approximate surface area is 136 Å². The molecule has 0 aliphatic rings. The van der Waals surface area contributed by atoms with Crippen molar-refractivity contribution in [2.45, 2.75) is 13.5 Å². The standard InChI is InChI=1S/C13H9N3O5S2/c1-7-6-22-13-14-8(4-10(17)15(7)13)5-21-12(18)9-2-3-11(23-9)16(19)20/h2-4,6H,5H2,1H3. The minimum Gasteiger partial charge on any atom is -0.455 e. The Balaban J connectivity index is 1.76. The summed E-state index contributed by atoms with van der Waals surface area (Å²) in [5.41, 5.74) is 0.875. The monoisotopic (exact) mass is 351 g/mol. The zero-order valence-electron chi connectivity index (χ0n) is 11.7. The second-order valence-electron chi connectivity index (χ2n) is 4.55. The molecule has 0 saturated heterocycles. The second kappa shape index (κ2) is 5.89. The van der Waals surface area contributed by atoms with Crippen LogP contribution < -0.4 is 5.56 Å². The summed E-state index contributed by atoms with van der Waals surface area (Å²) >= 11 is 2.05. The maximum atomic E-state index is 12.0. The van der Waals surface area contributed by atoms with Crippen LogP contribution in [0.2, 0.25) is 0 Å². The molecule has 0 aromatic carbocycles. The quantitative estimate of drug-likeness (QED) is 0.406. The minimum absolute atomic E-state index is 0.126. The van der Waals surface area contributed by atoms with E-state index in [1.165, 1.54) is 33.9 Å². The molecule has 0 bridgehead atoms. The number of aromatic nitrogens is 2. The summed E-state index contributed by atoms with van der Waals surface area (Å²) in [7, 11) is 0. The fourth-order valence-corrected chi connectivity index (χ4v) is 3.53. The molecular formula is C13H9N3O5S2. The van der Waals surface area contributed by atoms with Crippen molar-refractivity contribution in [2.24, 2.45) is 0 Å². The van der Waals surface area contributed by atoms with Gasteiger partial charge in [0, 0.05) is 23.2 Å². The van der Waals surface area contributed by atoms with Crippen molar-refractivity contribution >= 4 is 38.6 Å². The molecule has 0 amide bonds. The van der Waals surface area contributed by atoms with E-state index in [0.717, 1.165) is 17.0 Å². The number of hydrogen-bond acceptors (Lipinski definition) is 8. The third kappa shape index (κ3) is 2.98. The number of thiazole rings is 1. The zero-order chi connectivity index (χ0) is 16.6. The molecule has 23 heavy (non-hydrogen) atoms. The molecule has 3 heterocycles. The summed E-state index contributed by atoms with van der Waals surface area (Å²) in [5.74, 6) is -0.688. The van der Waals surface area contributed by atoms with Gasteiger partial charge in [0.25, 0.3) is 5.56 Å². The molecule has 0 N–H and O–H groups in total. The molecule has 0 spiro atoms. The summed E-state index contributed by atoms with van der Waals surface area (Å²) < 4.78 is 6.53. The molecule has 118 valence electrons. The molecule has 8 nitrogen and oxygen atoms in total. The summed E-state index contributed by atoms with van der Waals surface area (Å²) in [4.78, 5) is 38.8. The van der Waals surface area contributed by atoms with E-state index in [9.17, 15) is 19.7 Å². The van der Waals surface area contributed by atoms with Gasteiger partial charge in [-0.2, -0.15) is 0 Å². The van der Waals surface area contributed by atoms with Crippen molar-refractivity contribution in [3.63, 3.8) is 0 Å². The van der Waals surface area contributed by atoms with Crippen LogP contribution in [-0.4, -0.2) is 20.3 Å². The minimum atomic E-state index is -0.688. The number of rotatable bonds is 4. The van der Waals surface area contributed by atoms with Gasteiger partial charge in [0.05, 0.1) is 10.6 Å². The topological polar surface area (TPSA) is 104 Å². The summed E-state index contributed by atoms with van der Waals surface area (Å²) in [6.07, 6.45) is 0. The van der Waals surface area contributed by atoms with E-state index >= 15 is 0 Å². The molecule has 0 atom stereocenters. The number of esters is 1. The van der Waals surface area contributed by atoms with Gasteiger partial charge in [-0.05, 0) is 13.0 Å². The first-order chi connectivity index (χ1) is 11.0. The molecule has 0 unspecified atom stereocenters. The van der Waals surface area contributed by atoms with Crippen molar-refractivity contribution in [3.05, 3.63) is 60.3 Å². The van der Waals surface area contributed by atoms with Crippen LogP contribution in [0.25, 0.3) is 4.96 Å². The van der Waals surface area contributed by atoms with Gasteiger partial charge in [-0.1, -0.05) is 11.3 Å². The lowest BCUT2D eigenvalue weighted by molar-refractivity contribution is -0.380. The number of carbonyl (C=O) groups is 1. The normalized spacial score (nSPS) is 10.8. The van der Waals surface area contributed by atoms with Crippen LogP contribution in [0.3, 0.4) is 0 Å². The van der Waals surface area contributed by atoms with Crippen molar-refractivity contribution in [1.29, 1.82) is 0 Å². The third-order valence-corrected chi connectivity index (χ3v) is 4.91. The lowest BCUT2D eigenvalue weighted by Crippen LogP contribution is -2.16. The highest BCUT2D eigenvalue weighted by Crippen LogP contribution is 2.24. The smallest absolute Gasteiger partial charge is 0.348 e. The molecular weight excluding hydrogens is 342 g/mol. The van der Waals surface area contributed by atoms with E-state index in [-0.39, 0.29) is 22.0 Å². The molecule has 0 aliphatic carbocycles. The van der Waals surface area contributed by atoms with Crippen LogP contribution >= 0.6 is 22.7 Å². The number of aryl methyl sites for hydroxylation is 1. The average Bonchev–Trinajstić information content (AvgIpc) is 3.12. The van der Waals surface area contributed by atoms with Crippen molar-refractivity contribution in [2.75, 3.05) is 0 Å². The van der Waals surface area contributed by atoms with E-state index in [1.54, 1.807) is 6.92 Å². The van der Waals surface area contributed by atoms with Crippen LogP contribution in [0.1, 0.15) is 21.1 Å². The number of thiophene rings is 1. The maximum absolute atomic E-state index is 12.0. The molecule has 0 saturated carbocycles. The lowest BCUT2D eigenvalue weighted by atomic mass is 10.4. The SMILES string of the molecule is Cc1csc2nc(COC(=O)c3ccc([N+](=O)[O-])s3)cc(=O)n12. The van der Waals surface area contributed by atoms with Crippen LogP contribution in [0.5, 0.6) is 0 Å². The summed E-state index contributed by atoms with van der Waals surface area (Å²) in [6.45, 7) is 1.63. The van der Waals surface area contributed by atoms with Crippen LogP contribution in [-0.2, 0) is 11.3 Å². The summed E-state index contributed by atoms with van der Waals surface area (Å²) in [6, 6.07) is 3.88. The third-order valence-electron chi connectivity index (χ3n) is 2.95. The van der Waals surface area contributed by atoms with Gasteiger partial charge in [0.2, 0.25) is 0 Å². The Morgan fingerprint density at radius 2 is 2.26 bits per heavy atom. The fourth-order valence-electron chi connectivity index (χ4n) is 1.92. The lowest BCUT2D eigenvalue weighted by Gasteiger charge is -2.03. The molecule has 0 radical (unpaired) electrons. The number of fused-ring (bicyclic) bond motifs is 1. The van der Waals surface area contributed by atoms with E-state index in [1.807, 2.05) is 5.38 Å². The second-order valence-corrected chi connectivity index (χ2v) is 6.45. The Kier molecular flexibility index (Phi) is 3.92. The van der Waals surface area contributed by atoms with Gasteiger partial charge in [-0.3, -0.25) is 19.3 Å². The molecule has 10 heteroatoms. The Hall–Kier alpha value is -2.59. The van der Waals surface area contributed by atoms with E-state index in [4.69, 9.17) is 4.74 Å². The average molecular weight is 351 g/mol. The predicted molar refractivity (Wildman–Crippen MR) is 84.2 cm³/mol. The molecule has 0 aliphatic heterocycles. The van der Waals surface area contributed by atoms with Gasteiger partial charge in [0.1, 0.15) is 11.5 Å². The molecule has 3 rings (SSSR count). The first-order valence-corrected chi connectivity index (χ1v) is 8.03. The van der Waals surface area contributed by atoms with Crippen LogP contribution in [0, 0.1) is 17.0 Å². The van der Waals surface area contributed by atoms with Gasteiger partial charge < -0.3 is 4.74 Å². The Morgan fingerprint density at radius 1 is 1.48 bits per heavy atom. The van der Waals surface area contributed by atoms with Crippen molar-refractivity contribution in [1.82, 2.24) is 9.38 Å². The predicted octanol–water partition coefficient (Wildman–Crippen LogP) is 2.39. The number of hydrogen-bond donors (Lipinski definition) is 0. The highest BCUT2D eigenvalue weighted by Gasteiger charge is 2.17. The van der Waals surface area contributed by atoms with Gasteiger partial charge in [-0.25, -0.2) is 9.78 Å². The maximum Gasteiger partial charge on any atom is 0.348 e. The Bertz CT molecular complexity index is 972.